The Bertz CT molecular complexity index is 209. The molecule has 18 heavy (non-hydrogen) atoms. The Balaban J connectivity index is 0. The molecule has 0 aromatic carbocycles. The zero-order valence-corrected chi connectivity index (χ0v) is 14.8. The molecule has 0 saturated carbocycles. The molecule has 0 aliphatic rings. The zero-order valence-electron chi connectivity index (χ0n) is 12.8. The van der Waals surface area contributed by atoms with Gasteiger partial charge in [-0.1, -0.05) is 71.1 Å². The monoisotopic (exact) mass is 261 g/mol. The van der Waals surface area contributed by atoms with Crippen molar-refractivity contribution < 1.29 is 0 Å². The van der Waals surface area contributed by atoms with Gasteiger partial charge in [-0.15, -0.1) is 0 Å². The topological polar surface area (TPSA) is 49.8 Å². The summed E-state index contributed by atoms with van der Waals surface area (Å²) in [6.07, 6.45) is 14.1. The summed E-state index contributed by atoms with van der Waals surface area (Å²) in [5, 5.41) is 8.76. The van der Waals surface area contributed by atoms with Crippen molar-refractivity contribution in [3.05, 3.63) is 0 Å². The molecule has 0 aromatic heterocycles. The minimum atomic E-state index is -0.611. The van der Waals surface area contributed by atoms with E-state index in [1.165, 1.54) is 57.8 Å². The van der Waals surface area contributed by atoms with Gasteiger partial charge < -0.3 is 5.73 Å². The first-order chi connectivity index (χ1) is 8.12. The summed E-state index contributed by atoms with van der Waals surface area (Å²) >= 11 is 0. The summed E-state index contributed by atoms with van der Waals surface area (Å²) < 4.78 is 0. The molecule has 0 fully saturated rings. The maximum Gasteiger partial charge on any atom is 0.101 e. The van der Waals surface area contributed by atoms with Crippen LogP contribution in [0.5, 0.6) is 0 Å². The number of nitriles is 1. The normalized spacial score (nSPS) is 13.4. The molecular formula is C15H30N2Na. The molecule has 1 radical (unpaired) electrons. The molecule has 2 nitrogen and oxygen atoms in total. The summed E-state index contributed by atoms with van der Waals surface area (Å²) in [4.78, 5) is 0. The maximum atomic E-state index is 8.76. The fourth-order valence-electron chi connectivity index (χ4n) is 2.04. The van der Waals surface area contributed by atoms with Crippen LogP contribution in [0.3, 0.4) is 0 Å². The van der Waals surface area contributed by atoms with Crippen molar-refractivity contribution in [1.29, 1.82) is 5.26 Å². The van der Waals surface area contributed by atoms with Crippen molar-refractivity contribution in [1.82, 2.24) is 0 Å². The van der Waals surface area contributed by atoms with E-state index < -0.39 is 5.54 Å². The van der Waals surface area contributed by atoms with Gasteiger partial charge in [-0.25, -0.2) is 0 Å². The molecule has 0 saturated heterocycles. The minimum absolute atomic E-state index is 0. The van der Waals surface area contributed by atoms with Gasteiger partial charge >= 0.3 is 0 Å². The van der Waals surface area contributed by atoms with Crippen LogP contribution in [0.1, 0.15) is 84.5 Å². The van der Waals surface area contributed by atoms with Crippen LogP contribution in [0.25, 0.3) is 0 Å². The molecule has 0 heterocycles. The molecule has 0 bridgehead atoms. The summed E-state index contributed by atoms with van der Waals surface area (Å²) in [7, 11) is 0. The van der Waals surface area contributed by atoms with Crippen LogP contribution in [0.2, 0.25) is 0 Å². The van der Waals surface area contributed by atoms with Gasteiger partial charge in [0.25, 0.3) is 0 Å². The van der Waals surface area contributed by atoms with Crippen LogP contribution in [0.15, 0.2) is 0 Å². The third-order valence-corrected chi connectivity index (χ3v) is 3.31. The van der Waals surface area contributed by atoms with E-state index in [1.54, 1.807) is 0 Å². The average Bonchev–Trinajstić information content (AvgIpc) is 2.31. The predicted molar refractivity (Wildman–Crippen MR) is 80.4 cm³/mol. The Morgan fingerprint density at radius 1 is 0.889 bits per heavy atom. The Morgan fingerprint density at radius 2 is 1.28 bits per heavy atom. The first kappa shape index (κ1) is 20.8. The number of nitrogens with two attached hydrogens (primary N) is 1. The zero-order chi connectivity index (χ0) is 13.0. The number of hydrogen-bond donors (Lipinski definition) is 1. The molecule has 0 aliphatic heterocycles. The van der Waals surface area contributed by atoms with Gasteiger partial charge in [0.15, 0.2) is 0 Å². The second-order valence-electron chi connectivity index (χ2n) is 5.46. The van der Waals surface area contributed by atoms with Crippen LogP contribution in [-0.2, 0) is 0 Å². The average molecular weight is 261 g/mol. The third-order valence-electron chi connectivity index (χ3n) is 3.31. The summed E-state index contributed by atoms with van der Waals surface area (Å²) in [5.74, 6) is 0. The van der Waals surface area contributed by atoms with Crippen molar-refractivity contribution in [2.24, 2.45) is 5.73 Å². The largest absolute Gasteiger partial charge is 0.314 e. The Hall–Kier alpha value is 0.450. The van der Waals surface area contributed by atoms with E-state index in [0.29, 0.717) is 0 Å². The third kappa shape index (κ3) is 14.5. The quantitative estimate of drug-likeness (QED) is 0.448. The molecule has 1 unspecified atom stereocenters. The molecule has 3 heteroatoms. The minimum Gasteiger partial charge on any atom is -0.314 e. The van der Waals surface area contributed by atoms with E-state index in [0.717, 1.165) is 12.8 Å². The van der Waals surface area contributed by atoms with Crippen molar-refractivity contribution in [2.75, 3.05) is 0 Å². The second kappa shape index (κ2) is 13.9. The van der Waals surface area contributed by atoms with Crippen molar-refractivity contribution >= 4 is 29.6 Å². The van der Waals surface area contributed by atoms with Crippen LogP contribution < -0.4 is 5.73 Å². The number of hydrogen-bond acceptors (Lipinski definition) is 2. The summed E-state index contributed by atoms with van der Waals surface area (Å²) in [5.41, 5.74) is 5.15. The van der Waals surface area contributed by atoms with E-state index in [-0.39, 0.29) is 29.6 Å². The fourth-order valence-corrected chi connectivity index (χ4v) is 2.04. The standard InChI is InChI=1S/C15H30N2.Na/c1-3-4-5-6-7-8-9-10-11-12-13-15(2,17)14-16;/h3-13,17H2,1-2H3;. The second-order valence-corrected chi connectivity index (χ2v) is 5.46. The number of nitrogens with zero attached hydrogens (tertiary/aromatic N) is 1. The van der Waals surface area contributed by atoms with Crippen molar-refractivity contribution in [3.63, 3.8) is 0 Å². The van der Waals surface area contributed by atoms with Gasteiger partial charge in [0.1, 0.15) is 5.54 Å². The van der Waals surface area contributed by atoms with Gasteiger partial charge in [0, 0.05) is 29.6 Å². The first-order valence-corrected chi connectivity index (χ1v) is 7.32. The van der Waals surface area contributed by atoms with Crippen LogP contribution in [0.4, 0.5) is 0 Å². The van der Waals surface area contributed by atoms with E-state index in [4.69, 9.17) is 11.0 Å². The van der Waals surface area contributed by atoms with E-state index in [1.807, 2.05) is 6.92 Å². The smallest absolute Gasteiger partial charge is 0.101 e. The maximum absolute atomic E-state index is 8.76. The molecule has 0 amide bonds. The fraction of sp³-hybridized carbons (Fsp3) is 0.933. The summed E-state index contributed by atoms with van der Waals surface area (Å²) in [6.45, 7) is 4.08. The van der Waals surface area contributed by atoms with Crippen LogP contribution in [-0.4, -0.2) is 35.1 Å². The molecular weight excluding hydrogens is 231 g/mol. The number of rotatable bonds is 11. The van der Waals surface area contributed by atoms with Gasteiger partial charge in [0.2, 0.25) is 0 Å². The van der Waals surface area contributed by atoms with Crippen LogP contribution in [0, 0.1) is 11.3 Å². The van der Waals surface area contributed by atoms with E-state index >= 15 is 0 Å². The van der Waals surface area contributed by atoms with E-state index in [2.05, 4.69) is 13.0 Å². The molecule has 0 spiro atoms. The summed E-state index contributed by atoms with van der Waals surface area (Å²) in [6, 6.07) is 2.15. The molecule has 0 aliphatic carbocycles. The SMILES string of the molecule is CCCCCCCCCCCCC(C)(N)C#N.[Na]. The Morgan fingerprint density at radius 3 is 1.67 bits per heavy atom. The molecule has 2 N–H and O–H groups in total. The van der Waals surface area contributed by atoms with Gasteiger partial charge in [-0.2, -0.15) is 5.26 Å². The number of unbranched alkanes of at least 4 members (excludes halogenated alkanes) is 9. The first-order valence-electron chi connectivity index (χ1n) is 7.32. The molecule has 1 atom stereocenters. The van der Waals surface area contributed by atoms with Gasteiger partial charge in [-0.3, -0.25) is 0 Å². The molecule has 0 aromatic rings. The van der Waals surface area contributed by atoms with Crippen molar-refractivity contribution in [2.45, 2.75) is 90.0 Å². The van der Waals surface area contributed by atoms with E-state index in [9.17, 15) is 0 Å². The van der Waals surface area contributed by atoms with Crippen molar-refractivity contribution in [3.8, 4) is 6.07 Å². The molecule has 0 rings (SSSR count). The Kier molecular flexibility index (Phi) is 16.0. The molecule has 101 valence electrons. The van der Waals surface area contributed by atoms with Crippen LogP contribution >= 0.6 is 0 Å². The van der Waals surface area contributed by atoms with Gasteiger partial charge in [0.05, 0.1) is 6.07 Å². The predicted octanol–water partition coefficient (Wildman–Crippen LogP) is 4.16. The Labute approximate surface area is 136 Å². The van der Waals surface area contributed by atoms with Gasteiger partial charge in [-0.05, 0) is 13.3 Å².